The monoisotopic (exact) mass is 417 g/mol. The highest BCUT2D eigenvalue weighted by molar-refractivity contribution is 7.99. The first-order valence-corrected chi connectivity index (χ1v) is 10.3. The molecule has 1 atom stereocenters. The fraction of sp³-hybridized carbons (Fsp3) is 0.409. The van der Waals surface area contributed by atoms with Crippen LogP contribution < -0.4 is 14.2 Å². The molecule has 1 heterocycles. The zero-order chi connectivity index (χ0) is 21.0. The van der Waals surface area contributed by atoms with E-state index in [1.807, 2.05) is 38.0 Å². The normalized spacial score (nSPS) is 18.1. The number of rotatable bonds is 7. The number of carbonyl (C=O) groups excluding carboxylic acids is 1. The molecule has 7 heteroatoms. The van der Waals surface area contributed by atoms with Crippen molar-refractivity contribution in [3.8, 4) is 17.2 Å². The summed E-state index contributed by atoms with van der Waals surface area (Å²) in [5.41, 5.74) is 1.18. The third-order valence-corrected chi connectivity index (χ3v) is 6.44. The lowest BCUT2D eigenvalue weighted by Crippen LogP contribution is -2.48. The first kappa shape index (κ1) is 21.3. The standard InChI is InChI=1S/C22H27NO5S/c1-23(2)22(10-11-29-19-9-7-6-8-16(19)22)14-28-21(24)15-12-17(25-3)20(27-5)18(13-15)26-4/h6-9,12-13H,10-11,14H2,1-5H3. The Labute approximate surface area is 176 Å². The second-order valence-electron chi connectivity index (χ2n) is 7.01. The summed E-state index contributed by atoms with van der Waals surface area (Å²) in [4.78, 5) is 16.3. The van der Waals surface area contributed by atoms with Gasteiger partial charge >= 0.3 is 5.97 Å². The molecule has 0 N–H and O–H groups in total. The summed E-state index contributed by atoms with van der Waals surface area (Å²) < 4.78 is 21.8. The topological polar surface area (TPSA) is 57.2 Å². The van der Waals surface area contributed by atoms with Crippen LogP contribution in [0, 0.1) is 0 Å². The van der Waals surface area contributed by atoms with E-state index in [9.17, 15) is 4.79 Å². The maximum absolute atomic E-state index is 12.9. The van der Waals surface area contributed by atoms with E-state index in [1.165, 1.54) is 31.8 Å². The van der Waals surface area contributed by atoms with Crippen LogP contribution in [0.25, 0.3) is 0 Å². The van der Waals surface area contributed by atoms with E-state index in [0.717, 1.165) is 12.2 Å². The molecule has 0 bridgehead atoms. The van der Waals surface area contributed by atoms with Gasteiger partial charge in [0.05, 0.1) is 32.4 Å². The molecule has 0 saturated heterocycles. The molecule has 6 nitrogen and oxygen atoms in total. The Kier molecular flexibility index (Phi) is 6.59. The third kappa shape index (κ3) is 4.02. The second kappa shape index (κ2) is 8.97. The number of hydrogen-bond acceptors (Lipinski definition) is 7. The van der Waals surface area contributed by atoms with Crippen molar-refractivity contribution < 1.29 is 23.7 Å². The van der Waals surface area contributed by atoms with Gasteiger partial charge in [-0.1, -0.05) is 18.2 Å². The Balaban J connectivity index is 1.88. The van der Waals surface area contributed by atoms with Gasteiger partial charge in [-0.15, -0.1) is 11.8 Å². The first-order chi connectivity index (χ1) is 14.0. The van der Waals surface area contributed by atoms with Gasteiger partial charge in [-0.3, -0.25) is 4.90 Å². The van der Waals surface area contributed by atoms with Crippen molar-refractivity contribution >= 4 is 17.7 Å². The van der Waals surface area contributed by atoms with E-state index < -0.39 is 5.97 Å². The van der Waals surface area contributed by atoms with Crippen LogP contribution in [0.2, 0.25) is 0 Å². The van der Waals surface area contributed by atoms with Crippen LogP contribution in [-0.2, 0) is 10.3 Å². The molecule has 0 fully saturated rings. The molecular formula is C22H27NO5S. The Morgan fingerprint density at radius 1 is 1.07 bits per heavy atom. The molecule has 156 valence electrons. The van der Waals surface area contributed by atoms with Crippen LogP contribution in [0.1, 0.15) is 22.3 Å². The summed E-state index contributed by atoms with van der Waals surface area (Å²) in [5, 5.41) is 0. The summed E-state index contributed by atoms with van der Waals surface area (Å²) >= 11 is 1.84. The van der Waals surface area contributed by atoms with E-state index in [4.69, 9.17) is 18.9 Å². The Morgan fingerprint density at radius 3 is 2.31 bits per heavy atom. The van der Waals surface area contributed by atoms with Crippen LogP contribution >= 0.6 is 11.8 Å². The summed E-state index contributed by atoms with van der Waals surface area (Å²) in [7, 11) is 8.62. The molecule has 29 heavy (non-hydrogen) atoms. The average Bonchev–Trinajstić information content (AvgIpc) is 2.75. The van der Waals surface area contributed by atoms with Crippen molar-refractivity contribution in [2.24, 2.45) is 0 Å². The number of fused-ring (bicyclic) bond motifs is 1. The molecule has 2 aromatic carbocycles. The van der Waals surface area contributed by atoms with Crippen molar-refractivity contribution in [1.29, 1.82) is 0 Å². The fourth-order valence-electron chi connectivity index (χ4n) is 3.65. The summed E-state index contributed by atoms with van der Waals surface area (Å²) in [6.07, 6.45) is 0.893. The summed E-state index contributed by atoms with van der Waals surface area (Å²) in [6, 6.07) is 11.5. The minimum Gasteiger partial charge on any atom is -0.493 e. The SMILES string of the molecule is COc1cc(C(=O)OCC2(N(C)C)CCSc3ccccc32)cc(OC)c1OC. The summed E-state index contributed by atoms with van der Waals surface area (Å²) in [5.74, 6) is 1.81. The number of carbonyl (C=O) groups is 1. The number of ether oxygens (including phenoxy) is 4. The van der Waals surface area contributed by atoms with Gasteiger partial charge in [0.1, 0.15) is 6.61 Å². The Morgan fingerprint density at radius 2 is 1.72 bits per heavy atom. The van der Waals surface area contributed by atoms with Gasteiger partial charge in [0.15, 0.2) is 11.5 Å². The first-order valence-electron chi connectivity index (χ1n) is 9.33. The van der Waals surface area contributed by atoms with E-state index in [1.54, 1.807) is 12.1 Å². The number of nitrogens with zero attached hydrogens (tertiary/aromatic N) is 1. The lowest BCUT2D eigenvalue weighted by atomic mass is 9.86. The van der Waals surface area contributed by atoms with Crippen LogP contribution in [0.5, 0.6) is 17.2 Å². The maximum atomic E-state index is 12.9. The predicted molar refractivity (Wildman–Crippen MR) is 114 cm³/mol. The smallest absolute Gasteiger partial charge is 0.338 e. The molecule has 1 unspecified atom stereocenters. The Hall–Kier alpha value is -2.38. The van der Waals surface area contributed by atoms with E-state index in [-0.39, 0.29) is 12.1 Å². The van der Waals surface area contributed by atoms with Gasteiger partial charge in [0, 0.05) is 10.6 Å². The van der Waals surface area contributed by atoms with Crippen molar-refractivity contribution in [3.05, 3.63) is 47.5 Å². The quantitative estimate of drug-likeness (QED) is 0.635. The van der Waals surface area contributed by atoms with Gasteiger partial charge in [0.2, 0.25) is 5.75 Å². The van der Waals surface area contributed by atoms with Crippen LogP contribution in [0.3, 0.4) is 0 Å². The van der Waals surface area contributed by atoms with Crippen molar-refractivity contribution in [3.63, 3.8) is 0 Å². The molecule has 0 spiro atoms. The zero-order valence-electron chi connectivity index (χ0n) is 17.5. The molecule has 0 radical (unpaired) electrons. The molecular weight excluding hydrogens is 390 g/mol. The number of benzene rings is 2. The largest absolute Gasteiger partial charge is 0.493 e. The van der Waals surface area contributed by atoms with E-state index in [0.29, 0.717) is 22.8 Å². The minimum absolute atomic E-state index is 0.257. The summed E-state index contributed by atoms with van der Waals surface area (Å²) in [6.45, 7) is 0.257. The molecule has 0 aliphatic carbocycles. The molecule has 0 saturated carbocycles. The number of methoxy groups -OCH3 is 3. The second-order valence-corrected chi connectivity index (χ2v) is 8.15. The van der Waals surface area contributed by atoms with Crippen LogP contribution in [0.4, 0.5) is 0 Å². The maximum Gasteiger partial charge on any atom is 0.338 e. The zero-order valence-corrected chi connectivity index (χ0v) is 18.3. The lowest BCUT2D eigenvalue weighted by Gasteiger charge is -2.43. The third-order valence-electron chi connectivity index (χ3n) is 5.36. The Bertz CT molecular complexity index is 860. The van der Waals surface area contributed by atoms with E-state index in [2.05, 4.69) is 17.0 Å². The lowest BCUT2D eigenvalue weighted by molar-refractivity contribution is 0.0108. The number of esters is 1. The van der Waals surface area contributed by atoms with Crippen molar-refractivity contribution in [2.45, 2.75) is 16.9 Å². The van der Waals surface area contributed by atoms with Crippen LogP contribution in [-0.4, -0.2) is 58.7 Å². The highest BCUT2D eigenvalue weighted by Crippen LogP contribution is 2.43. The van der Waals surface area contributed by atoms with Crippen molar-refractivity contribution in [1.82, 2.24) is 4.90 Å². The van der Waals surface area contributed by atoms with Crippen LogP contribution in [0.15, 0.2) is 41.3 Å². The van der Waals surface area contributed by atoms with Gasteiger partial charge in [-0.2, -0.15) is 0 Å². The predicted octanol–water partition coefficient (Wildman–Crippen LogP) is 3.82. The molecule has 1 aliphatic rings. The average molecular weight is 418 g/mol. The molecule has 3 rings (SSSR count). The number of hydrogen-bond donors (Lipinski definition) is 0. The highest BCUT2D eigenvalue weighted by atomic mass is 32.2. The molecule has 2 aromatic rings. The van der Waals surface area contributed by atoms with E-state index >= 15 is 0 Å². The van der Waals surface area contributed by atoms with Gasteiger partial charge in [-0.25, -0.2) is 4.79 Å². The number of thioether (sulfide) groups is 1. The van der Waals surface area contributed by atoms with Gasteiger partial charge < -0.3 is 18.9 Å². The van der Waals surface area contributed by atoms with Gasteiger partial charge in [0.25, 0.3) is 0 Å². The minimum atomic E-state index is -0.429. The molecule has 1 aliphatic heterocycles. The number of likely N-dealkylation sites (N-methyl/N-ethyl adjacent to an activating group) is 1. The molecule has 0 aromatic heterocycles. The van der Waals surface area contributed by atoms with Crippen molar-refractivity contribution in [2.75, 3.05) is 47.8 Å². The molecule has 0 amide bonds. The fourth-order valence-corrected chi connectivity index (χ4v) is 4.90. The van der Waals surface area contributed by atoms with Gasteiger partial charge in [-0.05, 0) is 44.3 Å². The highest BCUT2D eigenvalue weighted by Gasteiger charge is 2.40.